The Kier molecular flexibility index (Phi) is 3.68. The van der Waals surface area contributed by atoms with Gasteiger partial charge < -0.3 is 5.32 Å². The van der Waals surface area contributed by atoms with Crippen LogP contribution in [0.3, 0.4) is 0 Å². The summed E-state index contributed by atoms with van der Waals surface area (Å²) in [6.45, 7) is 0.642. The zero-order valence-corrected chi connectivity index (χ0v) is 15.7. The standard InChI is InChI=1S/C21H25N5O/c1-25-7-2-8-26(25)19(27)24-21-12-16-9-17(13-21)11-20(10-16,15-21)4-3-18-14-22-5-6-23-18/h2,5-7,14,16-17H,8-13,15H2,1H3,(H,24,27). The Labute approximate surface area is 160 Å². The predicted octanol–water partition coefficient (Wildman–Crippen LogP) is 2.55. The van der Waals surface area contributed by atoms with E-state index in [0.717, 1.165) is 37.8 Å². The van der Waals surface area contributed by atoms with Crippen LogP contribution in [0.25, 0.3) is 0 Å². The first-order chi connectivity index (χ1) is 13.0. The molecule has 2 atom stereocenters. The molecule has 1 aliphatic heterocycles. The molecule has 5 aliphatic rings. The number of nitrogens with zero attached hydrogens (tertiary/aromatic N) is 4. The topological polar surface area (TPSA) is 61.4 Å². The lowest BCUT2D eigenvalue weighted by molar-refractivity contribution is -0.0503. The Morgan fingerprint density at radius 3 is 2.74 bits per heavy atom. The first-order valence-corrected chi connectivity index (χ1v) is 9.83. The average Bonchev–Trinajstić information content (AvgIpc) is 3.06. The fourth-order valence-electron chi connectivity index (χ4n) is 6.14. The van der Waals surface area contributed by atoms with Gasteiger partial charge in [0.25, 0.3) is 0 Å². The van der Waals surface area contributed by atoms with Gasteiger partial charge in [0, 0.05) is 36.6 Å². The molecule has 4 fully saturated rings. The van der Waals surface area contributed by atoms with Crippen LogP contribution in [0.1, 0.15) is 44.2 Å². The van der Waals surface area contributed by atoms with Crippen molar-refractivity contribution in [2.75, 3.05) is 13.6 Å². The third-order valence-corrected chi connectivity index (χ3v) is 6.67. The molecule has 4 aliphatic carbocycles. The van der Waals surface area contributed by atoms with E-state index >= 15 is 0 Å². The number of carbonyl (C=O) groups excluding carboxylic acids is 1. The van der Waals surface area contributed by atoms with Crippen molar-refractivity contribution in [2.45, 2.75) is 44.1 Å². The van der Waals surface area contributed by atoms with E-state index in [9.17, 15) is 4.79 Å². The summed E-state index contributed by atoms with van der Waals surface area (Å²) in [5.74, 6) is 8.18. The molecule has 140 valence electrons. The summed E-state index contributed by atoms with van der Waals surface area (Å²) in [6, 6.07) is 0.0153. The summed E-state index contributed by atoms with van der Waals surface area (Å²) in [5, 5.41) is 7.05. The van der Waals surface area contributed by atoms with E-state index in [1.807, 2.05) is 24.3 Å². The molecule has 0 radical (unpaired) electrons. The molecule has 6 heteroatoms. The molecule has 6 nitrogen and oxygen atoms in total. The largest absolute Gasteiger partial charge is 0.336 e. The first kappa shape index (κ1) is 16.6. The smallest absolute Gasteiger partial charge is 0.331 e. The zero-order valence-electron chi connectivity index (χ0n) is 15.7. The second-order valence-corrected chi connectivity index (χ2v) is 8.83. The van der Waals surface area contributed by atoms with E-state index in [0.29, 0.717) is 18.4 Å². The molecule has 4 saturated carbocycles. The summed E-state index contributed by atoms with van der Waals surface area (Å²) in [6.07, 6.45) is 15.8. The van der Waals surface area contributed by atoms with Crippen molar-refractivity contribution in [3.63, 3.8) is 0 Å². The van der Waals surface area contributed by atoms with E-state index in [-0.39, 0.29) is 17.0 Å². The fraction of sp³-hybridized carbons (Fsp3) is 0.571. The van der Waals surface area contributed by atoms with Gasteiger partial charge in [-0.25, -0.2) is 14.8 Å². The minimum atomic E-state index is -0.109. The molecule has 6 rings (SSSR count). The molecule has 1 N–H and O–H groups in total. The van der Waals surface area contributed by atoms with Crippen LogP contribution in [0.15, 0.2) is 30.9 Å². The minimum Gasteiger partial charge on any atom is -0.331 e. The summed E-state index contributed by atoms with van der Waals surface area (Å²) in [7, 11) is 1.91. The van der Waals surface area contributed by atoms with Gasteiger partial charge in [-0.1, -0.05) is 5.92 Å². The molecule has 0 spiro atoms. The van der Waals surface area contributed by atoms with Gasteiger partial charge in [0.05, 0.1) is 12.7 Å². The van der Waals surface area contributed by atoms with E-state index in [4.69, 9.17) is 0 Å². The molecule has 2 heterocycles. The molecule has 2 unspecified atom stereocenters. The number of rotatable bonds is 1. The van der Waals surface area contributed by atoms with Crippen molar-refractivity contribution in [1.82, 2.24) is 25.3 Å². The number of urea groups is 1. The van der Waals surface area contributed by atoms with E-state index in [2.05, 4.69) is 27.1 Å². The second kappa shape index (κ2) is 5.98. The Bertz CT molecular complexity index is 825. The number of hydrazine groups is 1. The summed E-state index contributed by atoms with van der Waals surface area (Å²) >= 11 is 0. The van der Waals surface area contributed by atoms with Crippen LogP contribution >= 0.6 is 0 Å². The highest BCUT2D eigenvalue weighted by Crippen LogP contribution is 2.61. The number of aromatic nitrogens is 2. The molecular formula is C21H25N5O. The Morgan fingerprint density at radius 2 is 2.07 bits per heavy atom. The molecule has 1 aromatic rings. The van der Waals surface area contributed by atoms with Crippen molar-refractivity contribution in [1.29, 1.82) is 0 Å². The lowest BCUT2D eigenvalue weighted by Crippen LogP contribution is -2.64. The number of hydrogen-bond acceptors (Lipinski definition) is 4. The Hall–Kier alpha value is -2.55. The van der Waals surface area contributed by atoms with Crippen LogP contribution in [-0.4, -0.2) is 45.1 Å². The summed E-state index contributed by atoms with van der Waals surface area (Å²) < 4.78 is 0. The van der Waals surface area contributed by atoms with Crippen LogP contribution in [0, 0.1) is 29.1 Å². The third kappa shape index (κ3) is 2.95. The minimum absolute atomic E-state index is 0.00401. The lowest BCUT2D eigenvalue weighted by atomic mass is 9.47. The van der Waals surface area contributed by atoms with Crippen LogP contribution in [0.2, 0.25) is 0 Å². The highest BCUT2D eigenvalue weighted by Gasteiger charge is 2.58. The monoisotopic (exact) mass is 363 g/mol. The molecular weight excluding hydrogens is 338 g/mol. The van der Waals surface area contributed by atoms with Crippen LogP contribution in [0.5, 0.6) is 0 Å². The number of amides is 2. The Balaban J connectivity index is 1.39. The van der Waals surface area contributed by atoms with Crippen LogP contribution < -0.4 is 5.32 Å². The average molecular weight is 363 g/mol. The molecule has 0 aromatic carbocycles. The number of carbonyl (C=O) groups is 1. The second-order valence-electron chi connectivity index (χ2n) is 8.83. The van der Waals surface area contributed by atoms with E-state index < -0.39 is 0 Å². The van der Waals surface area contributed by atoms with Gasteiger partial charge in [0.2, 0.25) is 0 Å². The maximum absolute atomic E-state index is 12.9. The van der Waals surface area contributed by atoms with Gasteiger partial charge in [0.1, 0.15) is 5.69 Å². The highest BCUT2D eigenvalue weighted by atomic mass is 16.2. The molecule has 0 saturated heterocycles. The van der Waals surface area contributed by atoms with Crippen molar-refractivity contribution < 1.29 is 4.79 Å². The summed E-state index contributed by atoms with van der Waals surface area (Å²) in [4.78, 5) is 21.3. The molecule has 27 heavy (non-hydrogen) atoms. The Morgan fingerprint density at radius 1 is 1.26 bits per heavy atom. The van der Waals surface area contributed by atoms with Gasteiger partial charge in [-0.3, -0.25) is 9.99 Å². The summed E-state index contributed by atoms with van der Waals surface area (Å²) in [5.41, 5.74) is 0.627. The number of nitrogens with one attached hydrogen (secondary N) is 1. The maximum atomic E-state index is 12.9. The molecule has 4 bridgehead atoms. The zero-order chi connectivity index (χ0) is 18.5. The van der Waals surface area contributed by atoms with Gasteiger partial charge in [-0.2, -0.15) is 0 Å². The fourth-order valence-corrected chi connectivity index (χ4v) is 6.14. The van der Waals surface area contributed by atoms with Gasteiger partial charge in [-0.15, -0.1) is 0 Å². The number of hydrogen-bond donors (Lipinski definition) is 1. The quantitative estimate of drug-likeness (QED) is 0.779. The van der Waals surface area contributed by atoms with Crippen LogP contribution in [-0.2, 0) is 0 Å². The highest BCUT2D eigenvalue weighted by molar-refractivity contribution is 5.75. The SMILES string of the molecule is CN1C=CCN1C(=O)NC12CC3CC(CC(C#Cc4cnccn4)(C3)C1)C2. The molecule has 1 aromatic heterocycles. The van der Waals surface area contributed by atoms with Gasteiger partial charge in [-0.05, 0) is 62.4 Å². The van der Waals surface area contributed by atoms with Crippen molar-refractivity contribution in [2.24, 2.45) is 17.3 Å². The normalized spacial score (nSPS) is 35.9. The van der Waals surface area contributed by atoms with Crippen molar-refractivity contribution in [3.05, 3.63) is 36.6 Å². The van der Waals surface area contributed by atoms with Gasteiger partial charge >= 0.3 is 6.03 Å². The maximum Gasteiger partial charge on any atom is 0.336 e. The van der Waals surface area contributed by atoms with Crippen molar-refractivity contribution in [3.8, 4) is 11.8 Å². The lowest BCUT2D eigenvalue weighted by Gasteiger charge is -2.60. The van der Waals surface area contributed by atoms with Crippen LogP contribution in [0.4, 0.5) is 4.79 Å². The van der Waals surface area contributed by atoms with E-state index in [1.165, 1.54) is 6.42 Å². The van der Waals surface area contributed by atoms with Crippen molar-refractivity contribution >= 4 is 6.03 Å². The third-order valence-electron chi connectivity index (χ3n) is 6.67. The molecule has 2 amide bonds. The first-order valence-electron chi connectivity index (χ1n) is 9.83. The van der Waals surface area contributed by atoms with Gasteiger partial charge in [0.15, 0.2) is 0 Å². The predicted molar refractivity (Wildman–Crippen MR) is 101 cm³/mol. The van der Waals surface area contributed by atoms with E-state index in [1.54, 1.807) is 23.6 Å².